The summed E-state index contributed by atoms with van der Waals surface area (Å²) >= 11 is 6.25. The third kappa shape index (κ3) is 3.19. The third-order valence-corrected chi connectivity index (χ3v) is 4.12. The van der Waals surface area contributed by atoms with Gasteiger partial charge < -0.3 is 19.9 Å². The van der Waals surface area contributed by atoms with Crippen LogP contribution in [0.2, 0.25) is 5.02 Å². The van der Waals surface area contributed by atoms with Crippen molar-refractivity contribution in [3.05, 3.63) is 22.7 Å². The van der Waals surface area contributed by atoms with Crippen molar-refractivity contribution >= 4 is 11.6 Å². The van der Waals surface area contributed by atoms with E-state index in [2.05, 4.69) is 5.32 Å². The van der Waals surface area contributed by atoms with Gasteiger partial charge >= 0.3 is 0 Å². The molecule has 5 heteroatoms. The van der Waals surface area contributed by atoms with Crippen molar-refractivity contribution in [2.75, 3.05) is 19.8 Å². The van der Waals surface area contributed by atoms with Crippen LogP contribution in [0.25, 0.3) is 0 Å². The summed E-state index contributed by atoms with van der Waals surface area (Å²) in [6.07, 6.45) is 2.61. The maximum absolute atomic E-state index is 9.25. The highest BCUT2D eigenvalue weighted by Gasteiger charge is 2.26. The SMILES string of the molecule is OC1CC(CNCc2cc(Cl)c3c(c2)OCCCO3)C1. The van der Waals surface area contributed by atoms with E-state index in [-0.39, 0.29) is 6.10 Å². The highest BCUT2D eigenvalue weighted by atomic mass is 35.5. The normalized spacial score (nSPS) is 24.9. The van der Waals surface area contributed by atoms with E-state index in [1.165, 1.54) is 0 Å². The monoisotopic (exact) mass is 297 g/mol. The maximum Gasteiger partial charge on any atom is 0.179 e. The van der Waals surface area contributed by atoms with E-state index in [0.29, 0.717) is 29.9 Å². The molecule has 0 bridgehead atoms. The summed E-state index contributed by atoms with van der Waals surface area (Å²) in [5.41, 5.74) is 1.10. The van der Waals surface area contributed by atoms with E-state index in [9.17, 15) is 5.11 Å². The van der Waals surface area contributed by atoms with E-state index < -0.39 is 0 Å². The Morgan fingerprint density at radius 2 is 2.05 bits per heavy atom. The standard InChI is InChI=1S/C15H20ClNO3/c16-13-6-11(9-17-8-10-4-12(18)5-10)7-14-15(13)20-3-1-2-19-14/h6-7,10,12,17-18H,1-5,8-9H2. The molecule has 1 fully saturated rings. The van der Waals surface area contributed by atoms with Crippen molar-refractivity contribution < 1.29 is 14.6 Å². The molecule has 0 unspecified atom stereocenters. The summed E-state index contributed by atoms with van der Waals surface area (Å²) in [4.78, 5) is 0. The minimum atomic E-state index is -0.0886. The van der Waals surface area contributed by atoms with Crippen molar-refractivity contribution in [3.8, 4) is 11.5 Å². The molecular formula is C15H20ClNO3. The predicted molar refractivity (Wildman–Crippen MR) is 77.5 cm³/mol. The Labute approximate surface area is 124 Å². The van der Waals surface area contributed by atoms with E-state index >= 15 is 0 Å². The lowest BCUT2D eigenvalue weighted by molar-refractivity contribution is 0.0430. The first kappa shape index (κ1) is 14.0. The van der Waals surface area contributed by atoms with Crippen molar-refractivity contribution in [2.24, 2.45) is 5.92 Å². The van der Waals surface area contributed by atoms with Crippen molar-refractivity contribution in [1.82, 2.24) is 5.32 Å². The van der Waals surface area contributed by atoms with E-state index in [1.54, 1.807) is 0 Å². The quantitative estimate of drug-likeness (QED) is 0.896. The summed E-state index contributed by atoms with van der Waals surface area (Å²) in [5.74, 6) is 2.00. The summed E-state index contributed by atoms with van der Waals surface area (Å²) in [7, 11) is 0. The molecular weight excluding hydrogens is 278 g/mol. The highest BCUT2D eigenvalue weighted by molar-refractivity contribution is 6.32. The number of fused-ring (bicyclic) bond motifs is 1. The highest BCUT2D eigenvalue weighted by Crippen LogP contribution is 2.38. The Morgan fingerprint density at radius 1 is 1.25 bits per heavy atom. The van der Waals surface area contributed by atoms with Gasteiger partial charge in [-0.15, -0.1) is 0 Å². The van der Waals surface area contributed by atoms with Gasteiger partial charge in [0.2, 0.25) is 0 Å². The fourth-order valence-electron chi connectivity index (χ4n) is 2.67. The van der Waals surface area contributed by atoms with Crippen LogP contribution in [0, 0.1) is 5.92 Å². The molecule has 0 aromatic heterocycles. The largest absolute Gasteiger partial charge is 0.489 e. The number of nitrogens with one attached hydrogen (secondary N) is 1. The topological polar surface area (TPSA) is 50.7 Å². The molecule has 0 amide bonds. The molecule has 2 N–H and O–H groups in total. The molecule has 1 aromatic rings. The average molecular weight is 298 g/mol. The number of halogens is 1. The molecule has 1 saturated carbocycles. The molecule has 0 saturated heterocycles. The van der Waals surface area contributed by atoms with Gasteiger partial charge in [0.25, 0.3) is 0 Å². The van der Waals surface area contributed by atoms with Gasteiger partial charge in [-0.2, -0.15) is 0 Å². The average Bonchev–Trinajstić information content (AvgIpc) is 2.62. The van der Waals surface area contributed by atoms with Crippen LogP contribution in [0.3, 0.4) is 0 Å². The first-order chi connectivity index (χ1) is 9.72. The number of ether oxygens (including phenoxy) is 2. The Hall–Kier alpha value is -0.970. The summed E-state index contributed by atoms with van der Waals surface area (Å²) in [5, 5.41) is 13.3. The zero-order valence-corrected chi connectivity index (χ0v) is 12.2. The lowest BCUT2D eigenvalue weighted by Gasteiger charge is -2.31. The summed E-state index contributed by atoms with van der Waals surface area (Å²) in [6, 6.07) is 3.92. The molecule has 1 aliphatic heterocycles. The fourth-order valence-corrected chi connectivity index (χ4v) is 2.96. The van der Waals surface area contributed by atoms with Crippen molar-refractivity contribution in [1.29, 1.82) is 0 Å². The Kier molecular flexibility index (Phi) is 4.34. The number of benzene rings is 1. The van der Waals surface area contributed by atoms with Crippen LogP contribution in [0.1, 0.15) is 24.8 Å². The molecule has 20 heavy (non-hydrogen) atoms. The van der Waals surface area contributed by atoms with Crippen LogP contribution < -0.4 is 14.8 Å². The molecule has 2 aliphatic rings. The van der Waals surface area contributed by atoms with E-state index in [1.807, 2.05) is 12.1 Å². The predicted octanol–water partition coefficient (Wildman–Crippen LogP) is 2.36. The number of aliphatic hydroxyl groups excluding tert-OH is 1. The van der Waals surface area contributed by atoms with Gasteiger partial charge in [0.15, 0.2) is 11.5 Å². The summed E-state index contributed by atoms with van der Waals surface area (Å²) < 4.78 is 11.3. The molecule has 1 aliphatic carbocycles. The van der Waals surface area contributed by atoms with Gasteiger partial charge in [-0.3, -0.25) is 0 Å². The zero-order valence-electron chi connectivity index (χ0n) is 11.4. The molecule has 1 aromatic carbocycles. The third-order valence-electron chi connectivity index (χ3n) is 3.83. The second kappa shape index (κ2) is 6.20. The van der Waals surface area contributed by atoms with Crippen molar-refractivity contribution in [2.45, 2.75) is 31.9 Å². The van der Waals surface area contributed by atoms with Crippen LogP contribution in [0.5, 0.6) is 11.5 Å². The fraction of sp³-hybridized carbons (Fsp3) is 0.600. The maximum atomic E-state index is 9.25. The van der Waals surface area contributed by atoms with E-state index in [0.717, 1.165) is 43.7 Å². The Bertz CT molecular complexity index is 474. The minimum Gasteiger partial charge on any atom is -0.489 e. The Morgan fingerprint density at radius 3 is 2.85 bits per heavy atom. The number of hydrogen-bond acceptors (Lipinski definition) is 4. The van der Waals surface area contributed by atoms with Gasteiger partial charge in [-0.25, -0.2) is 0 Å². The van der Waals surface area contributed by atoms with Gasteiger partial charge in [0, 0.05) is 13.0 Å². The number of rotatable bonds is 4. The molecule has 110 valence electrons. The minimum absolute atomic E-state index is 0.0886. The van der Waals surface area contributed by atoms with Crippen LogP contribution >= 0.6 is 11.6 Å². The number of aliphatic hydroxyl groups is 1. The van der Waals surface area contributed by atoms with Crippen LogP contribution in [0.4, 0.5) is 0 Å². The van der Waals surface area contributed by atoms with Crippen LogP contribution in [-0.4, -0.2) is 31.0 Å². The molecule has 0 radical (unpaired) electrons. The van der Waals surface area contributed by atoms with Gasteiger partial charge in [0.1, 0.15) is 0 Å². The van der Waals surface area contributed by atoms with Crippen LogP contribution in [0.15, 0.2) is 12.1 Å². The molecule has 4 nitrogen and oxygen atoms in total. The molecule has 3 rings (SSSR count). The smallest absolute Gasteiger partial charge is 0.179 e. The number of hydrogen-bond donors (Lipinski definition) is 2. The second-order valence-electron chi connectivity index (χ2n) is 5.58. The van der Waals surface area contributed by atoms with Crippen molar-refractivity contribution in [3.63, 3.8) is 0 Å². The van der Waals surface area contributed by atoms with Crippen LogP contribution in [-0.2, 0) is 6.54 Å². The lowest BCUT2D eigenvalue weighted by atomic mass is 9.82. The Balaban J connectivity index is 1.59. The van der Waals surface area contributed by atoms with Gasteiger partial charge in [-0.1, -0.05) is 11.6 Å². The van der Waals surface area contributed by atoms with E-state index in [4.69, 9.17) is 21.1 Å². The molecule has 0 atom stereocenters. The molecule has 0 spiro atoms. The first-order valence-electron chi connectivity index (χ1n) is 7.19. The second-order valence-corrected chi connectivity index (χ2v) is 5.98. The first-order valence-corrected chi connectivity index (χ1v) is 7.57. The lowest BCUT2D eigenvalue weighted by Crippen LogP contribution is -2.35. The van der Waals surface area contributed by atoms with Gasteiger partial charge in [-0.05, 0) is 43.0 Å². The van der Waals surface area contributed by atoms with Gasteiger partial charge in [0.05, 0.1) is 24.3 Å². The zero-order chi connectivity index (χ0) is 13.9. The molecule has 1 heterocycles. The summed E-state index contributed by atoms with van der Waals surface area (Å²) in [6.45, 7) is 3.00.